The third-order valence-electron chi connectivity index (χ3n) is 4.65. The lowest BCUT2D eigenvalue weighted by Crippen LogP contribution is -2.34. The summed E-state index contributed by atoms with van der Waals surface area (Å²) in [5.74, 6) is 0.154. The number of benzene rings is 1. The van der Waals surface area contributed by atoms with E-state index in [2.05, 4.69) is 35.9 Å². The van der Waals surface area contributed by atoms with Crippen LogP contribution in [0.4, 0.5) is 0 Å². The van der Waals surface area contributed by atoms with E-state index in [0.29, 0.717) is 0 Å². The molecule has 4 nitrogen and oxygen atoms in total. The van der Waals surface area contributed by atoms with Crippen LogP contribution in [0.5, 0.6) is 0 Å². The van der Waals surface area contributed by atoms with E-state index in [4.69, 9.17) is 0 Å². The standard InChI is InChI=1S/C19H25N3O/c1-14-7-4-5-8-18(14)22-15(2)13-17(16(22)3)19(23)21-11-6-9-20-10-12-21/h4-5,7-8,13,20H,6,9-12H2,1-3H3. The van der Waals surface area contributed by atoms with Gasteiger partial charge in [-0.1, -0.05) is 18.2 Å². The Hall–Kier alpha value is -2.07. The number of nitrogens with one attached hydrogen (secondary N) is 1. The molecular formula is C19H25N3O. The van der Waals surface area contributed by atoms with Crippen LogP contribution in [0.3, 0.4) is 0 Å². The Morgan fingerprint density at radius 3 is 2.65 bits per heavy atom. The number of rotatable bonds is 2. The SMILES string of the molecule is Cc1ccccc1-n1c(C)cc(C(=O)N2CCCNCC2)c1C. The summed E-state index contributed by atoms with van der Waals surface area (Å²) in [6.45, 7) is 9.71. The molecule has 1 aliphatic heterocycles. The van der Waals surface area contributed by atoms with Crippen LogP contribution in [0.1, 0.15) is 33.7 Å². The van der Waals surface area contributed by atoms with Crippen molar-refractivity contribution in [3.05, 3.63) is 52.8 Å². The van der Waals surface area contributed by atoms with Gasteiger partial charge in [0.2, 0.25) is 0 Å². The summed E-state index contributed by atoms with van der Waals surface area (Å²) in [5.41, 5.74) is 5.33. The van der Waals surface area contributed by atoms with Crippen molar-refractivity contribution in [2.75, 3.05) is 26.2 Å². The lowest BCUT2D eigenvalue weighted by molar-refractivity contribution is 0.0765. The van der Waals surface area contributed by atoms with Crippen molar-refractivity contribution in [1.29, 1.82) is 0 Å². The average Bonchev–Trinajstić information content (AvgIpc) is 2.74. The molecule has 122 valence electrons. The van der Waals surface area contributed by atoms with Crippen LogP contribution in [-0.2, 0) is 0 Å². The van der Waals surface area contributed by atoms with E-state index in [1.165, 1.54) is 5.56 Å². The topological polar surface area (TPSA) is 37.3 Å². The molecule has 0 atom stereocenters. The molecule has 2 heterocycles. The van der Waals surface area contributed by atoms with Crippen LogP contribution in [0, 0.1) is 20.8 Å². The maximum Gasteiger partial charge on any atom is 0.255 e. The fourth-order valence-electron chi connectivity index (χ4n) is 3.38. The molecule has 1 amide bonds. The van der Waals surface area contributed by atoms with Crippen molar-refractivity contribution >= 4 is 5.91 Å². The van der Waals surface area contributed by atoms with E-state index in [1.54, 1.807) is 0 Å². The Balaban J connectivity index is 1.97. The molecule has 0 saturated carbocycles. The van der Waals surface area contributed by atoms with E-state index in [-0.39, 0.29) is 5.91 Å². The third kappa shape index (κ3) is 3.04. The quantitative estimate of drug-likeness (QED) is 0.926. The van der Waals surface area contributed by atoms with E-state index in [0.717, 1.165) is 55.2 Å². The average molecular weight is 311 g/mol. The Morgan fingerprint density at radius 2 is 1.87 bits per heavy atom. The van der Waals surface area contributed by atoms with Gasteiger partial charge in [0.25, 0.3) is 5.91 Å². The Morgan fingerprint density at radius 1 is 1.09 bits per heavy atom. The number of hydrogen-bond acceptors (Lipinski definition) is 2. The lowest BCUT2D eigenvalue weighted by atomic mass is 10.2. The summed E-state index contributed by atoms with van der Waals surface area (Å²) in [4.78, 5) is 14.9. The van der Waals surface area contributed by atoms with E-state index in [9.17, 15) is 4.79 Å². The minimum atomic E-state index is 0.154. The zero-order chi connectivity index (χ0) is 16.4. The van der Waals surface area contributed by atoms with Gasteiger partial charge in [-0.25, -0.2) is 0 Å². The fourth-order valence-corrected chi connectivity index (χ4v) is 3.38. The van der Waals surface area contributed by atoms with Gasteiger partial charge in [-0.2, -0.15) is 0 Å². The first-order valence-corrected chi connectivity index (χ1v) is 8.34. The van der Waals surface area contributed by atoms with Gasteiger partial charge in [0, 0.05) is 36.7 Å². The second-order valence-corrected chi connectivity index (χ2v) is 6.30. The van der Waals surface area contributed by atoms with Gasteiger partial charge in [0.15, 0.2) is 0 Å². The number of amides is 1. The first-order valence-electron chi connectivity index (χ1n) is 8.34. The predicted octanol–water partition coefficient (Wildman–Crippen LogP) is 2.84. The van der Waals surface area contributed by atoms with Crippen LogP contribution in [-0.4, -0.2) is 41.6 Å². The molecule has 2 aromatic rings. The molecule has 1 fully saturated rings. The number of hydrogen-bond donors (Lipinski definition) is 1. The molecule has 3 rings (SSSR count). The summed E-state index contributed by atoms with van der Waals surface area (Å²) in [5, 5.41) is 3.35. The van der Waals surface area contributed by atoms with E-state index < -0.39 is 0 Å². The second kappa shape index (κ2) is 6.59. The van der Waals surface area contributed by atoms with Crippen molar-refractivity contribution < 1.29 is 4.79 Å². The second-order valence-electron chi connectivity index (χ2n) is 6.30. The van der Waals surface area contributed by atoms with Crippen molar-refractivity contribution in [1.82, 2.24) is 14.8 Å². The highest BCUT2D eigenvalue weighted by Gasteiger charge is 2.22. The summed E-state index contributed by atoms with van der Waals surface area (Å²) >= 11 is 0. The highest BCUT2D eigenvalue weighted by Crippen LogP contribution is 2.24. The van der Waals surface area contributed by atoms with E-state index >= 15 is 0 Å². The normalized spacial score (nSPS) is 15.5. The van der Waals surface area contributed by atoms with Gasteiger partial charge in [-0.05, 0) is 51.4 Å². The number of para-hydroxylation sites is 1. The van der Waals surface area contributed by atoms with Crippen LogP contribution >= 0.6 is 0 Å². The fraction of sp³-hybridized carbons (Fsp3) is 0.421. The first-order chi connectivity index (χ1) is 11.1. The smallest absolute Gasteiger partial charge is 0.255 e. The zero-order valence-corrected chi connectivity index (χ0v) is 14.2. The van der Waals surface area contributed by atoms with Crippen LogP contribution in [0.25, 0.3) is 5.69 Å². The molecule has 0 bridgehead atoms. The van der Waals surface area contributed by atoms with Gasteiger partial charge >= 0.3 is 0 Å². The first kappa shape index (κ1) is 15.8. The molecule has 1 saturated heterocycles. The van der Waals surface area contributed by atoms with Gasteiger partial charge in [-0.3, -0.25) is 4.79 Å². The number of aromatic nitrogens is 1. The molecular weight excluding hydrogens is 286 g/mol. The van der Waals surface area contributed by atoms with Crippen molar-refractivity contribution in [2.24, 2.45) is 0 Å². The zero-order valence-electron chi connectivity index (χ0n) is 14.2. The summed E-state index contributed by atoms with van der Waals surface area (Å²) in [6.07, 6.45) is 1.02. The highest BCUT2D eigenvalue weighted by atomic mass is 16.2. The molecule has 1 aromatic carbocycles. The number of carbonyl (C=O) groups is 1. The molecule has 1 aromatic heterocycles. The highest BCUT2D eigenvalue weighted by molar-refractivity contribution is 5.96. The lowest BCUT2D eigenvalue weighted by Gasteiger charge is -2.20. The predicted molar refractivity (Wildman–Crippen MR) is 93.4 cm³/mol. The van der Waals surface area contributed by atoms with Gasteiger partial charge in [-0.15, -0.1) is 0 Å². The molecule has 0 spiro atoms. The Labute approximate surface area is 138 Å². The summed E-state index contributed by atoms with van der Waals surface area (Å²) in [7, 11) is 0. The monoisotopic (exact) mass is 311 g/mol. The number of aryl methyl sites for hydroxylation is 2. The molecule has 0 unspecified atom stereocenters. The number of nitrogens with zero attached hydrogens (tertiary/aromatic N) is 2. The maximum atomic E-state index is 12.9. The van der Waals surface area contributed by atoms with Crippen molar-refractivity contribution in [3.63, 3.8) is 0 Å². The van der Waals surface area contributed by atoms with Crippen LogP contribution in [0.15, 0.2) is 30.3 Å². The summed E-state index contributed by atoms with van der Waals surface area (Å²) in [6, 6.07) is 10.3. The third-order valence-corrected chi connectivity index (χ3v) is 4.65. The minimum absolute atomic E-state index is 0.154. The molecule has 23 heavy (non-hydrogen) atoms. The van der Waals surface area contributed by atoms with Crippen LogP contribution < -0.4 is 5.32 Å². The molecule has 1 aliphatic rings. The molecule has 0 aliphatic carbocycles. The van der Waals surface area contributed by atoms with Gasteiger partial charge < -0.3 is 14.8 Å². The van der Waals surface area contributed by atoms with Gasteiger partial charge in [0.05, 0.1) is 5.56 Å². The molecule has 4 heteroatoms. The van der Waals surface area contributed by atoms with Gasteiger partial charge in [0.1, 0.15) is 0 Å². The van der Waals surface area contributed by atoms with Crippen molar-refractivity contribution in [3.8, 4) is 5.69 Å². The van der Waals surface area contributed by atoms with Crippen molar-refractivity contribution in [2.45, 2.75) is 27.2 Å². The van der Waals surface area contributed by atoms with E-state index in [1.807, 2.05) is 30.0 Å². The largest absolute Gasteiger partial charge is 0.337 e. The van der Waals surface area contributed by atoms with Crippen LogP contribution in [0.2, 0.25) is 0 Å². The summed E-state index contributed by atoms with van der Waals surface area (Å²) < 4.78 is 2.19. The maximum absolute atomic E-state index is 12.9. The molecule has 1 N–H and O–H groups in total. The Kier molecular flexibility index (Phi) is 4.53. The Bertz CT molecular complexity index is 709. The number of carbonyl (C=O) groups excluding carboxylic acids is 1. The molecule has 0 radical (unpaired) electrons. The minimum Gasteiger partial charge on any atom is -0.337 e.